The van der Waals surface area contributed by atoms with Gasteiger partial charge in [-0.1, -0.05) is 5.16 Å². The number of rotatable bonds is 3. The Morgan fingerprint density at radius 3 is 2.57 bits per heavy atom. The monoisotopic (exact) mass is 283 g/mol. The van der Waals surface area contributed by atoms with E-state index in [-0.39, 0.29) is 11.8 Å². The van der Waals surface area contributed by atoms with Gasteiger partial charge in [0.05, 0.1) is 5.56 Å². The number of amides is 1. The lowest BCUT2D eigenvalue weighted by Crippen LogP contribution is -2.05. The summed E-state index contributed by atoms with van der Waals surface area (Å²) in [7, 11) is 0. The minimum atomic E-state index is -0.233. The van der Waals surface area contributed by atoms with Crippen LogP contribution in [0.2, 0.25) is 0 Å². The number of carbonyl (C=O) groups excluding carboxylic acids is 1. The molecule has 0 aliphatic carbocycles. The molecule has 3 aromatic heterocycles. The quantitative estimate of drug-likeness (QED) is 0.797. The molecule has 0 radical (unpaired) electrons. The molecule has 0 aliphatic rings. The Morgan fingerprint density at radius 1 is 1.19 bits per heavy atom. The fraction of sp³-hybridized carbons (Fsp3) is 0.133. The minimum Gasteiger partial charge on any atom is -0.460 e. The van der Waals surface area contributed by atoms with E-state index in [9.17, 15) is 4.79 Å². The maximum Gasteiger partial charge on any atom is 0.239 e. The number of carbonyl (C=O) groups is 1. The smallest absolute Gasteiger partial charge is 0.239 e. The van der Waals surface area contributed by atoms with E-state index >= 15 is 0 Å². The van der Waals surface area contributed by atoms with E-state index < -0.39 is 0 Å². The number of pyridine rings is 1. The predicted molar refractivity (Wildman–Crippen MR) is 76.5 cm³/mol. The van der Waals surface area contributed by atoms with Crippen molar-refractivity contribution in [1.29, 1.82) is 0 Å². The molecule has 0 bridgehead atoms. The summed E-state index contributed by atoms with van der Waals surface area (Å²) in [5.74, 6) is 1.41. The van der Waals surface area contributed by atoms with Crippen LogP contribution in [0.3, 0.4) is 0 Å². The average molecular weight is 283 g/mol. The van der Waals surface area contributed by atoms with Crippen LogP contribution in [0.25, 0.3) is 22.6 Å². The van der Waals surface area contributed by atoms with Gasteiger partial charge in [-0.05, 0) is 36.8 Å². The van der Waals surface area contributed by atoms with Crippen LogP contribution in [-0.2, 0) is 4.79 Å². The molecule has 1 N–H and O–H groups in total. The van der Waals surface area contributed by atoms with Crippen molar-refractivity contribution in [3.05, 3.63) is 42.4 Å². The third-order valence-electron chi connectivity index (χ3n) is 2.92. The first kappa shape index (κ1) is 13.1. The number of anilines is 1. The van der Waals surface area contributed by atoms with Crippen LogP contribution < -0.4 is 5.32 Å². The van der Waals surface area contributed by atoms with Gasteiger partial charge in [-0.25, -0.2) is 0 Å². The molecule has 0 fully saturated rings. The van der Waals surface area contributed by atoms with Gasteiger partial charge in [-0.15, -0.1) is 0 Å². The van der Waals surface area contributed by atoms with Crippen molar-refractivity contribution >= 4 is 11.8 Å². The molecule has 0 saturated carbocycles. The molecule has 0 aliphatic heterocycles. The lowest BCUT2D eigenvalue weighted by molar-refractivity contribution is -0.114. The molecule has 3 aromatic rings. The van der Waals surface area contributed by atoms with Crippen LogP contribution in [0, 0.1) is 6.92 Å². The first-order valence-corrected chi connectivity index (χ1v) is 6.39. The number of nitrogens with one attached hydrogen (secondary N) is 1. The van der Waals surface area contributed by atoms with Crippen LogP contribution in [-0.4, -0.2) is 16.0 Å². The predicted octanol–water partition coefficient (Wildman–Crippen LogP) is 3.26. The number of furan rings is 1. The fourth-order valence-corrected chi connectivity index (χ4v) is 2.05. The van der Waals surface area contributed by atoms with Gasteiger partial charge in [-0.3, -0.25) is 15.1 Å². The highest BCUT2D eigenvalue weighted by atomic mass is 16.5. The van der Waals surface area contributed by atoms with E-state index in [0.717, 1.165) is 11.3 Å². The number of hydrogen-bond acceptors (Lipinski definition) is 5. The molecule has 0 atom stereocenters. The summed E-state index contributed by atoms with van der Waals surface area (Å²) >= 11 is 0. The first-order chi connectivity index (χ1) is 10.1. The second-order valence-corrected chi connectivity index (χ2v) is 4.56. The summed E-state index contributed by atoms with van der Waals surface area (Å²) in [6, 6.07) is 7.29. The van der Waals surface area contributed by atoms with Gasteiger partial charge in [-0.2, -0.15) is 0 Å². The highest BCUT2D eigenvalue weighted by molar-refractivity contribution is 5.95. The van der Waals surface area contributed by atoms with E-state index in [4.69, 9.17) is 8.94 Å². The molecule has 3 heterocycles. The molecule has 0 saturated heterocycles. The number of aryl methyl sites for hydroxylation is 1. The van der Waals surface area contributed by atoms with Crippen LogP contribution in [0.15, 0.2) is 45.6 Å². The molecule has 0 spiro atoms. The Labute approximate surface area is 120 Å². The molecule has 0 unspecified atom stereocenters. The van der Waals surface area contributed by atoms with Crippen LogP contribution in [0.5, 0.6) is 0 Å². The molecule has 0 aromatic carbocycles. The molecule has 106 valence electrons. The molecular weight excluding hydrogens is 270 g/mol. The average Bonchev–Trinajstić information content (AvgIpc) is 3.05. The fourth-order valence-electron chi connectivity index (χ4n) is 2.05. The van der Waals surface area contributed by atoms with Crippen molar-refractivity contribution in [3.63, 3.8) is 0 Å². The third-order valence-corrected chi connectivity index (χ3v) is 2.92. The molecule has 6 heteroatoms. The Hall–Kier alpha value is -2.89. The highest BCUT2D eigenvalue weighted by Gasteiger charge is 2.22. The number of nitrogens with zero attached hydrogens (tertiary/aromatic N) is 2. The molecule has 3 rings (SSSR count). The van der Waals surface area contributed by atoms with Crippen LogP contribution in [0.4, 0.5) is 5.88 Å². The zero-order valence-electron chi connectivity index (χ0n) is 11.6. The van der Waals surface area contributed by atoms with Gasteiger partial charge in [0.2, 0.25) is 11.8 Å². The van der Waals surface area contributed by atoms with Crippen molar-refractivity contribution in [3.8, 4) is 22.6 Å². The van der Waals surface area contributed by atoms with Crippen molar-refractivity contribution < 1.29 is 13.7 Å². The Balaban J connectivity index is 2.17. The van der Waals surface area contributed by atoms with Gasteiger partial charge in [0.25, 0.3) is 0 Å². The second-order valence-electron chi connectivity index (χ2n) is 4.56. The standard InChI is InChI=1S/C15H13N3O3/c1-9-3-4-12(20-9)14-13(11-5-7-16-8-6-11)15(21-18-14)17-10(2)19/h3-8H,1-2H3,(H,17,19). The number of aromatic nitrogens is 2. The largest absolute Gasteiger partial charge is 0.460 e. The summed E-state index contributed by atoms with van der Waals surface area (Å²) in [4.78, 5) is 15.3. The summed E-state index contributed by atoms with van der Waals surface area (Å²) in [6.07, 6.45) is 3.33. The number of hydrogen-bond donors (Lipinski definition) is 1. The van der Waals surface area contributed by atoms with E-state index in [1.807, 2.05) is 31.2 Å². The summed E-state index contributed by atoms with van der Waals surface area (Å²) in [6.45, 7) is 3.26. The molecule has 21 heavy (non-hydrogen) atoms. The maximum absolute atomic E-state index is 11.3. The van der Waals surface area contributed by atoms with E-state index in [2.05, 4.69) is 15.5 Å². The SMILES string of the molecule is CC(=O)Nc1onc(-c2ccc(C)o2)c1-c1ccncc1. The summed E-state index contributed by atoms with van der Waals surface area (Å²) in [5.41, 5.74) is 2.04. The lowest BCUT2D eigenvalue weighted by atomic mass is 10.1. The van der Waals surface area contributed by atoms with Gasteiger partial charge in [0, 0.05) is 19.3 Å². The Kier molecular flexibility index (Phi) is 3.27. The Bertz CT molecular complexity index is 775. The normalized spacial score (nSPS) is 10.6. The second kappa shape index (κ2) is 5.24. The molecule has 1 amide bonds. The van der Waals surface area contributed by atoms with Gasteiger partial charge in [0.1, 0.15) is 5.76 Å². The van der Waals surface area contributed by atoms with Crippen molar-refractivity contribution in [2.45, 2.75) is 13.8 Å². The minimum absolute atomic E-state index is 0.233. The van der Waals surface area contributed by atoms with Gasteiger partial charge < -0.3 is 8.94 Å². The van der Waals surface area contributed by atoms with Gasteiger partial charge >= 0.3 is 0 Å². The zero-order chi connectivity index (χ0) is 14.8. The summed E-state index contributed by atoms with van der Waals surface area (Å²) in [5, 5.41) is 6.66. The topological polar surface area (TPSA) is 81.2 Å². The third kappa shape index (κ3) is 2.55. The maximum atomic E-state index is 11.3. The highest BCUT2D eigenvalue weighted by Crippen LogP contribution is 2.38. The van der Waals surface area contributed by atoms with E-state index in [1.165, 1.54) is 6.92 Å². The molecular formula is C15H13N3O3. The summed E-state index contributed by atoms with van der Waals surface area (Å²) < 4.78 is 10.9. The van der Waals surface area contributed by atoms with Crippen molar-refractivity contribution in [2.24, 2.45) is 0 Å². The van der Waals surface area contributed by atoms with Crippen LogP contribution in [0.1, 0.15) is 12.7 Å². The first-order valence-electron chi connectivity index (χ1n) is 6.39. The lowest BCUT2D eigenvalue weighted by Gasteiger charge is -2.03. The van der Waals surface area contributed by atoms with E-state index in [0.29, 0.717) is 17.0 Å². The van der Waals surface area contributed by atoms with E-state index in [1.54, 1.807) is 12.4 Å². The molecule has 6 nitrogen and oxygen atoms in total. The van der Waals surface area contributed by atoms with Gasteiger partial charge in [0.15, 0.2) is 11.5 Å². The van der Waals surface area contributed by atoms with Crippen molar-refractivity contribution in [2.75, 3.05) is 5.32 Å². The Morgan fingerprint density at radius 2 is 1.95 bits per heavy atom. The zero-order valence-corrected chi connectivity index (χ0v) is 11.6. The van der Waals surface area contributed by atoms with Crippen molar-refractivity contribution in [1.82, 2.24) is 10.1 Å². The van der Waals surface area contributed by atoms with Crippen LogP contribution >= 0.6 is 0 Å².